The molecule has 0 radical (unpaired) electrons. The third-order valence-electron chi connectivity index (χ3n) is 2.37. The van der Waals surface area contributed by atoms with Gasteiger partial charge in [0.25, 0.3) is 0 Å². The number of benzene rings is 1. The third-order valence-corrected chi connectivity index (χ3v) is 2.37. The highest BCUT2D eigenvalue weighted by Gasteiger charge is 2.10. The molecular weight excluding hydrogens is 218 g/mol. The summed E-state index contributed by atoms with van der Waals surface area (Å²) in [6, 6.07) is 8.44. The van der Waals surface area contributed by atoms with E-state index in [4.69, 9.17) is 16.1 Å². The molecule has 1 rings (SSSR count). The maximum Gasteiger partial charge on any atom is 0.320 e. The summed E-state index contributed by atoms with van der Waals surface area (Å²) in [5.41, 5.74) is 6.71. The third kappa shape index (κ3) is 4.13. The van der Waals surface area contributed by atoms with Crippen LogP contribution >= 0.6 is 0 Å². The first kappa shape index (κ1) is 13.0. The molecular formula is C12H15N3O2. The Kier molecular flexibility index (Phi) is 4.98. The highest BCUT2D eigenvalue weighted by Crippen LogP contribution is 2.13. The number of hydrogen-bond acceptors (Lipinski definition) is 4. The summed E-state index contributed by atoms with van der Waals surface area (Å²) in [7, 11) is 0. The molecule has 1 atom stereocenters. The smallest absolute Gasteiger partial charge is 0.320 e. The lowest BCUT2D eigenvalue weighted by molar-refractivity contribution is -0.138. The molecule has 0 aromatic heterocycles. The van der Waals surface area contributed by atoms with Crippen LogP contribution < -0.4 is 11.1 Å². The van der Waals surface area contributed by atoms with E-state index in [1.807, 2.05) is 12.1 Å². The Morgan fingerprint density at radius 1 is 1.53 bits per heavy atom. The lowest BCUT2D eigenvalue weighted by atomic mass is 10.1. The summed E-state index contributed by atoms with van der Waals surface area (Å²) in [5, 5.41) is 20.5. The van der Waals surface area contributed by atoms with Crippen LogP contribution in [-0.4, -0.2) is 23.7 Å². The number of carbonyl (C=O) groups is 1. The van der Waals surface area contributed by atoms with Gasteiger partial charge in [-0.25, -0.2) is 0 Å². The summed E-state index contributed by atoms with van der Waals surface area (Å²) in [4.78, 5) is 10.5. The number of carboxylic acid groups (broad SMARTS) is 1. The Hall–Kier alpha value is -2.06. The van der Waals surface area contributed by atoms with Crippen molar-refractivity contribution < 1.29 is 9.90 Å². The van der Waals surface area contributed by atoms with Gasteiger partial charge in [0.1, 0.15) is 12.1 Å². The lowest BCUT2D eigenvalue weighted by Gasteiger charge is -2.09. The number of anilines is 1. The van der Waals surface area contributed by atoms with Crippen LogP contribution in [0.5, 0.6) is 0 Å². The molecule has 0 aliphatic heterocycles. The minimum absolute atomic E-state index is 0.414. The molecule has 5 nitrogen and oxygen atoms in total. The van der Waals surface area contributed by atoms with Gasteiger partial charge in [0.05, 0.1) is 11.3 Å². The van der Waals surface area contributed by atoms with Gasteiger partial charge in [-0.2, -0.15) is 5.26 Å². The molecule has 0 saturated heterocycles. The molecule has 0 fully saturated rings. The normalized spacial score (nSPS) is 11.5. The number of hydrogen-bond donors (Lipinski definition) is 3. The summed E-state index contributed by atoms with van der Waals surface area (Å²) < 4.78 is 0. The molecule has 0 saturated carbocycles. The molecule has 0 heterocycles. The number of aliphatic carboxylic acids is 1. The SMILES string of the molecule is N#Cc1ccccc1NCCC[C@H](N)C(=O)O. The maximum atomic E-state index is 10.5. The Balaban J connectivity index is 2.37. The van der Waals surface area contributed by atoms with Crippen LogP contribution in [-0.2, 0) is 4.79 Å². The van der Waals surface area contributed by atoms with Crippen LogP contribution in [0.25, 0.3) is 0 Å². The molecule has 0 unspecified atom stereocenters. The molecule has 1 aromatic carbocycles. The van der Waals surface area contributed by atoms with Gasteiger partial charge < -0.3 is 16.2 Å². The molecule has 17 heavy (non-hydrogen) atoms. The molecule has 0 amide bonds. The monoisotopic (exact) mass is 233 g/mol. The number of nitriles is 1. The van der Waals surface area contributed by atoms with E-state index >= 15 is 0 Å². The van der Waals surface area contributed by atoms with Crippen molar-refractivity contribution in [1.82, 2.24) is 0 Å². The first-order valence-electron chi connectivity index (χ1n) is 5.36. The van der Waals surface area contributed by atoms with E-state index < -0.39 is 12.0 Å². The molecule has 0 aliphatic carbocycles. The summed E-state index contributed by atoms with van der Waals surface area (Å²) in [5.74, 6) is -0.984. The summed E-state index contributed by atoms with van der Waals surface area (Å²) in [6.07, 6.45) is 1.06. The van der Waals surface area contributed by atoms with Crippen LogP contribution in [0.2, 0.25) is 0 Å². The van der Waals surface area contributed by atoms with Gasteiger partial charge in [0.2, 0.25) is 0 Å². The second kappa shape index (κ2) is 6.51. The molecule has 0 bridgehead atoms. The quantitative estimate of drug-likeness (QED) is 0.640. The number of rotatable bonds is 6. The van der Waals surface area contributed by atoms with Gasteiger partial charge in [-0.1, -0.05) is 12.1 Å². The molecule has 90 valence electrons. The van der Waals surface area contributed by atoms with Crippen molar-refractivity contribution >= 4 is 11.7 Å². The highest BCUT2D eigenvalue weighted by atomic mass is 16.4. The number of nitrogens with one attached hydrogen (secondary N) is 1. The van der Waals surface area contributed by atoms with Crippen molar-refractivity contribution in [2.75, 3.05) is 11.9 Å². The van der Waals surface area contributed by atoms with E-state index in [9.17, 15) is 4.79 Å². The summed E-state index contributed by atoms with van der Waals surface area (Å²) in [6.45, 7) is 0.597. The fourth-order valence-corrected chi connectivity index (χ4v) is 1.40. The van der Waals surface area contributed by atoms with Gasteiger partial charge in [-0.05, 0) is 25.0 Å². The topological polar surface area (TPSA) is 99.1 Å². The Bertz CT molecular complexity index is 426. The van der Waals surface area contributed by atoms with Crippen LogP contribution in [0.4, 0.5) is 5.69 Å². The lowest BCUT2D eigenvalue weighted by Crippen LogP contribution is -2.30. The van der Waals surface area contributed by atoms with Crippen molar-refractivity contribution in [3.8, 4) is 6.07 Å². The van der Waals surface area contributed by atoms with Gasteiger partial charge in [-0.3, -0.25) is 4.79 Å². The highest BCUT2D eigenvalue weighted by molar-refractivity contribution is 5.72. The van der Waals surface area contributed by atoms with Crippen LogP contribution in [0.3, 0.4) is 0 Å². The summed E-state index contributed by atoms with van der Waals surface area (Å²) >= 11 is 0. The zero-order chi connectivity index (χ0) is 12.7. The van der Waals surface area contributed by atoms with Crippen molar-refractivity contribution in [3.05, 3.63) is 29.8 Å². The number of nitrogens with two attached hydrogens (primary N) is 1. The Morgan fingerprint density at radius 2 is 2.24 bits per heavy atom. The molecule has 1 aromatic rings. The van der Waals surface area contributed by atoms with Gasteiger partial charge in [-0.15, -0.1) is 0 Å². The Morgan fingerprint density at radius 3 is 2.88 bits per heavy atom. The number of para-hydroxylation sites is 1. The average molecular weight is 233 g/mol. The maximum absolute atomic E-state index is 10.5. The van der Waals surface area contributed by atoms with Crippen LogP contribution in [0.15, 0.2) is 24.3 Å². The van der Waals surface area contributed by atoms with E-state index in [0.29, 0.717) is 24.9 Å². The first-order chi connectivity index (χ1) is 8.15. The molecule has 0 spiro atoms. The van der Waals surface area contributed by atoms with Crippen LogP contribution in [0, 0.1) is 11.3 Å². The minimum Gasteiger partial charge on any atom is -0.480 e. The zero-order valence-electron chi connectivity index (χ0n) is 9.39. The molecule has 5 heteroatoms. The second-order valence-electron chi connectivity index (χ2n) is 3.67. The van der Waals surface area contributed by atoms with E-state index in [0.717, 1.165) is 5.69 Å². The molecule has 0 aliphatic rings. The number of nitrogens with zero attached hydrogens (tertiary/aromatic N) is 1. The van der Waals surface area contributed by atoms with Crippen molar-refractivity contribution in [2.24, 2.45) is 5.73 Å². The van der Waals surface area contributed by atoms with E-state index in [1.165, 1.54) is 0 Å². The average Bonchev–Trinajstić information content (AvgIpc) is 2.34. The van der Waals surface area contributed by atoms with E-state index in [1.54, 1.807) is 12.1 Å². The van der Waals surface area contributed by atoms with E-state index in [2.05, 4.69) is 11.4 Å². The van der Waals surface area contributed by atoms with Gasteiger partial charge in [0.15, 0.2) is 0 Å². The van der Waals surface area contributed by atoms with E-state index in [-0.39, 0.29) is 0 Å². The van der Waals surface area contributed by atoms with Crippen molar-refractivity contribution in [1.29, 1.82) is 5.26 Å². The first-order valence-corrected chi connectivity index (χ1v) is 5.36. The Labute approximate surface area is 99.9 Å². The minimum atomic E-state index is -0.984. The van der Waals surface area contributed by atoms with Crippen molar-refractivity contribution in [2.45, 2.75) is 18.9 Å². The molecule has 4 N–H and O–H groups in total. The standard InChI is InChI=1S/C12H15N3O2/c13-8-9-4-1-2-6-11(9)15-7-3-5-10(14)12(16)17/h1-2,4,6,10,15H,3,5,7,14H2,(H,16,17)/t10-/m0/s1. The predicted molar refractivity (Wildman–Crippen MR) is 64.5 cm³/mol. The fourth-order valence-electron chi connectivity index (χ4n) is 1.40. The zero-order valence-corrected chi connectivity index (χ0v) is 9.39. The predicted octanol–water partition coefficient (Wildman–Crippen LogP) is 1.16. The fraction of sp³-hybridized carbons (Fsp3) is 0.333. The number of carboxylic acids is 1. The largest absolute Gasteiger partial charge is 0.480 e. The van der Waals surface area contributed by atoms with Crippen molar-refractivity contribution in [3.63, 3.8) is 0 Å². The van der Waals surface area contributed by atoms with Gasteiger partial charge in [0, 0.05) is 6.54 Å². The van der Waals surface area contributed by atoms with Crippen LogP contribution in [0.1, 0.15) is 18.4 Å². The second-order valence-corrected chi connectivity index (χ2v) is 3.67. The van der Waals surface area contributed by atoms with Gasteiger partial charge >= 0.3 is 5.97 Å².